The van der Waals surface area contributed by atoms with Crippen LogP contribution in [0.2, 0.25) is 0 Å². The topological polar surface area (TPSA) is 46.5 Å². The molecule has 0 spiro atoms. The van der Waals surface area contributed by atoms with Crippen LogP contribution in [0.3, 0.4) is 0 Å². The highest BCUT2D eigenvalue weighted by molar-refractivity contribution is 7.99. The molecular weight excluding hydrogens is 291 g/mol. The number of carbonyl (C=O) groups is 1. The number of benzene rings is 2. The molecule has 2 aromatic carbocycles. The van der Waals surface area contributed by atoms with Crippen molar-refractivity contribution in [1.82, 2.24) is 0 Å². The molecule has 0 aliphatic rings. The Bertz CT molecular complexity index is 626. The molecule has 0 bridgehead atoms. The van der Waals surface area contributed by atoms with Crippen LogP contribution < -0.4 is 4.74 Å². The highest BCUT2D eigenvalue weighted by Crippen LogP contribution is 2.20. The van der Waals surface area contributed by atoms with Crippen molar-refractivity contribution in [2.75, 3.05) is 12.4 Å². The lowest BCUT2D eigenvalue weighted by Crippen LogP contribution is -2.03. The van der Waals surface area contributed by atoms with Gasteiger partial charge in [-0.2, -0.15) is 0 Å². The monoisotopic (exact) mass is 306 g/mol. The predicted octanol–water partition coefficient (Wildman–Crippen LogP) is 4.00. The number of halogens is 1. The Morgan fingerprint density at radius 2 is 1.95 bits per heavy atom. The number of carboxylic acid groups (broad SMARTS) is 1. The van der Waals surface area contributed by atoms with Crippen molar-refractivity contribution in [3.05, 3.63) is 59.4 Å². The third-order valence-electron chi connectivity index (χ3n) is 2.86. The van der Waals surface area contributed by atoms with Crippen molar-refractivity contribution in [3.63, 3.8) is 0 Å². The van der Waals surface area contributed by atoms with Crippen LogP contribution in [0.1, 0.15) is 15.9 Å². The summed E-state index contributed by atoms with van der Waals surface area (Å²) >= 11 is 1.57. The SMILES string of the molecule is Cc1cc(OCCSc2ccc(F)cc2)ccc1C(=O)O. The lowest BCUT2D eigenvalue weighted by molar-refractivity contribution is 0.0696. The molecule has 0 unspecified atom stereocenters. The molecule has 0 amide bonds. The fourth-order valence-electron chi connectivity index (χ4n) is 1.82. The summed E-state index contributed by atoms with van der Waals surface area (Å²) in [6.45, 7) is 2.23. The van der Waals surface area contributed by atoms with Gasteiger partial charge in [-0.15, -0.1) is 11.8 Å². The van der Waals surface area contributed by atoms with Crippen LogP contribution in [0.15, 0.2) is 47.4 Å². The number of aryl methyl sites for hydroxylation is 1. The molecule has 21 heavy (non-hydrogen) atoms. The second-order valence-corrected chi connectivity index (χ2v) is 5.60. The Morgan fingerprint density at radius 1 is 1.24 bits per heavy atom. The number of ether oxygens (including phenoxy) is 1. The summed E-state index contributed by atoms with van der Waals surface area (Å²) in [6, 6.07) is 11.2. The first-order valence-corrected chi connectivity index (χ1v) is 7.40. The molecule has 0 heterocycles. The Balaban J connectivity index is 1.82. The largest absolute Gasteiger partial charge is 0.493 e. The van der Waals surface area contributed by atoms with Crippen LogP contribution in [-0.4, -0.2) is 23.4 Å². The molecule has 0 aliphatic carbocycles. The molecule has 0 aromatic heterocycles. The van der Waals surface area contributed by atoms with Crippen LogP contribution in [0.4, 0.5) is 4.39 Å². The fourth-order valence-corrected chi connectivity index (χ4v) is 2.55. The Labute approximate surface area is 126 Å². The van der Waals surface area contributed by atoms with E-state index in [4.69, 9.17) is 9.84 Å². The average molecular weight is 306 g/mol. The molecule has 5 heteroatoms. The summed E-state index contributed by atoms with van der Waals surface area (Å²) in [5.74, 6) is 0.193. The zero-order valence-electron chi connectivity index (χ0n) is 11.5. The Hall–Kier alpha value is -2.01. The van der Waals surface area contributed by atoms with Crippen LogP contribution in [0, 0.1) is 12.7 Å². The summed E-state index contributed by atoms with van der Waals surface area (Å²) in [5, 5.41) is 8.95. The lowest BCUT2D eigenvalue weighted by atomic mass is 10.1. The van der Waals surface area contributed by atoms with Gasteiger partial charge in [0.25, 0.3) is 0 Å². The Morgan fingerprint density at radius 3 is 2.57 bits per heavy atom. The van der Waals surface area contributed by atoms with E-state index in [1.54, 1.807) is 49.0 Å². The maximum atomic E-state index is 12.7. The third kappa shape index (κ3) is 4.49. The molecule has 0 saturated heterocycles. The van der Waals surface area contributed by atoms with Gasteiger partial charge in [-0.05, 0) is 55.0 Å². The zero-order chi connectivity index (χ0) is 15.2. The first-order chi connectivity index (χ1) is 10.1. The maximum absolute atomic E-state index is 12.7. The van der Waals surface area contributed by atoms with Gasteiger partial charge >= 0.3 is 5.97 Å². The van der Waals surface area contributed by atoms with E-state index in [0.29, 0.717) is 17.9 Å². The zero-order valence-corrected chi connectivity index (χ0v) is 12.3. The molecule has 110 valence electrons. The van der Waals surface area contributed by atoms with Gasteiger partial charge in [-0.1, -0.05) is 0 Å². The van der Waals surface area contributed by atoms with Gasteiger partial charge in [-0.3, -0.25) is 0 Å². The van der Waals surface area contributed by atoms with Gasteiger partial charge in [0.1, 0.15) is 11.6 Å². The number of rotatable bonds is 6. The van der Waals surface area contributed by atoms with Gasteiger partial charge in [-0.25, -0.2) is 9.18 Å². The van der Waals surface area contributed by atoms with E-state index in [9.17, 15) is 9.18 Å². The van der Waals surface area contributed by atoms with E-state index in [0.717, 1.165) is 10.6 Å². The number of hydrogen-bond acceptors (Lipinski definition) is 3. The number of thioether (sulfide) groups is 1. The van der Waals surface area contributed by atoms with E-state index in [-0.39, 0.29) is 11.4 Å². The predicted molar refractivity (Wildman–Crippen MR) is 80.8 cm³/mol. The number of carboxylic acids is 1. The summed E-state index contributed by atoms with van der Waals surface area (Å²) in [6.07, 6.45) is 0. The van der Waals surface area contributed by atoms with Crippen molar-refractivity contribution >= 4 is 17.7 Å². The summed E-state index contributed by atoms with van der Waals surface area (Å²) in [7, 11) is 0. The molecule has 0 fully saturated rings. The molecule has 3 nitrogen and oxygen atoms in total. The van der Waals surface area contributed by atoms with E-state index in [2.05, 4.69) is 0 Å². The van der Waals surface area contributed by atoms with E-state index in [1.165, 1.54) is 12.1 Å². The summed E-state index contributed by atoms with van der Waals surface area (Å²) in [4.78, 5) is 11.9. The van der Waals surface area contributed by atoms with Crippen molar-refractivity contribution < 1.29 is 19.0 Å². The quantitative estimate of drug-likeness (QED) is 0.647. The minimum atomic E-state index is -0.939. The molecular formula is C16H15FO3S. The van der Waals surface area contributed by atoms with Gasteiger partial charge in [0.2, 0.25) is 0 Å². The highest BCUT2D eigenvalue weighted by Gasteiger charge is 2.07. The Kier molecular flexibility index (Phi) is 5.22. The van der Waals surface area contributed by atoms with Gasteiger partial charge in [0.05, 0.1) is 12.2 Å². The van der Waals surface area contributed by atoms with Crippen molar-refractivity contribution in [3.8, 4) is 5.75 Å². The van der Waals surface area contributed by atoms with Gasteiger partial charge in [0.15, 0.2) is 0 Å². The molecule has 0 atom stereocenters. The molecule has 0 saturated carbocycles. The third-order valence-corrected chi connectivity index (χ3v) is 3.84. The minimum absolute atomic E-state index is 0.246. The standard InChI is InChI=1S/C16H15FO3S/c1-11-10-13(4-7-15(11)16(18)19)20-8-9-21-14-5-2-12(17)3-6-14/h2-7,10H,8-9H2,1H3,(H,18,19). The fraction of sp³-hybridized carbons (Fsp3) is 0.188. The highest BCUT2D eigenvalue weighted by atomic mass is 32.2. The van der Waals surface area contributed by atoms with Crippen LogP contribution in [-0.2, 0) is 0 Å². The first kappa shape index (κ1) is 15.4. The molecule has 0 aliphatic heterocycles. The first-order valence-electron chi connectivity index (χ1n) is 6.41. The second-order valence-electron chi connectivity index (χ2n) is 4.43. The van der Waals surface area contributed by atoms with Gasteiger partial charge in [0, 0.05) is 10.6 Å². The minimum Gasteiger partial charge on any atom is -0.493 e. The van der Waals surface area contributed by atoms with E-state index < -0.39 is 5.97 Å². The molecule has 0 radical (unpaired) electrons. The van der Waals surface area contributed by atoms with Crippen LogP contribution >= 0.6 is 11.8 Å². The van der Waals surface area contributed by atoms with Crippen molar-refractivity contribution in [1.29, 1.82) is 0 Å². The molecule has 2 rings (SSSR count). The second kappa shape index (κ2) is 7.13. The number of hydrogen-bond donors (Lipinski definition) is 1. The normalized spacial score (nSPS) is 10.4. The van der Waals surface area contributed by atoms with Gasteiger partial charge < -0.3 is 9.84 Å². The average Bonchev–Trinajstić information content (AvgIpc) is 2.45. The summed E-state index contributed by atoms with van der Waals surface area (Å²) in [5.41, 5.74) is 0.953. The van der Waals surface area contributed by atoms with Crippen molar-refractivity contribution in [2.24, 2.45) is 0 Å². The maximum Gasteiger partial charge on any atom is 0.335 e. The molecule has 2 aromatic rings. The lowest BCUT2D eigenvalue weighted by Gasteiger charge is -2.08. The van der Waals surface area contributed by atoms with Crippen LogP contribution in [0.5, 0.6) is 5.75 Å². The number of aromatic carboxylic acids is 1. The molecule has 1 N–H and O–H groups in total. The smallest absolute Gasteiger partial charge is 0.335 e. The van der Waals surface area contributed by atoms with E-state index >= 15 is 0 Å². The van der Waals surface area contributed by atoms with Crippen LogP contribution in [0.25, 0.3) is 0 Å². The van der Waals surface area contributed by atoms with E-state index in [1.807, 2.05) is 0 Å². The summed E-state index contributed by atoms with van der Waals surface area (Å²) < 4.78 is 18.3. The van der Waals surface area contributed by atoms with Crippen molar-refractivity contribution in [2.45, 2.75) is 11.8 Å².